The maximum atomic E-state index is 12.5. The number of imidazole rings is 1. The quantitative estimate of drug-likeness (QED) is 0.859. The number of likely N-dealkylation sites (tertiary alicyclic amines) is 1. The van der Waals surface area contributed by atoms with Crippen molar-refractivity contribution < 1.29 is 4.79 Å². The average molecular weight is 359 g/mol. The number of hydrogen-bond acceptors (Lipinski definition) is 2. The van der Waals surface area contributed by atoms with Crippen molar-refractivity contribution in [2.45, 2.75) is 76.7 Å². The standard InChI is InChI=1S/C21H34N4O/c26-21(23-15-17-5-2-1-3-6-17)24-12-9-19(10-13-24)20-22-11-14-25(20)16-18-7-4-8-18/h11,14,17-19H,1-10,12-13,15-16H2,(H,23,26). The van der Waals surface area contributed by atoms with E-state index in [0.29, 0.717) is 11.8 Å². The molecule has 1 saturated heterocycles. The Morgan fingerprint density at radius 1 is 1.00 bits per heavy atom. The number of aromatic nitrogens is 2. The first kappa shape index (κ1) is 17.9. The van der Waals surface area contributed by atoms with E-state index in [1.54, 1.807) is 0 Å². The lowest BCUT2D eigenvalue weighted by molar-refractivity contribution is 0.176. The summed E-state index contributed by atoms with van der Waals surface area (Å²) in [4.78, 5) is 19.2. The number of nitrogens with zero attached hydrogens (tertiary/aromatic N) is 3. The average Bonchev–Trinajstić information content (AvgIpc) is 3.12. The third-order valence-electron chi connectivity index (χ3n) is 6.84. The van der Waals surface area contributed by atoms with Gasteiger partial charge in [-0.3, -0.25) is 0 Å². The highest BCUT2D eigenvalue weighted by atomic mass is 16.2. The van der Waals surface area contributed by atoms with Crippen LogP contribution in [-0.2, 0) is 6.54 Å². The van der Waals surface area contributed by atoms with Crippen molar-refractivity contribution >= 4 is 6.03 Å². The van der Waals surface area contributed by atoms with Crippen LogP contribution in [0.4, 0.5) is 4.79 Å². The van der Waals surface area contributed by atoms with Gasteiger partial charge in [0.05, 0.1) is 0 Å². The molecule has 1 aliphatic heterocycles. The van der Waals surface area contributed by atoms with Crippen LogP contribution < -0.4 is 5.32 Å². The lowest BCUT2D eigenvalue weighted by Gasteiger charge is -2.33. The molecule has 4 rings (SSSR count). The summed E-state index contributed by atoms with van der Waals surface area (Å²) in [6, 6.07) is 0.145. The molecule has 26 heavy (non-hydrogen) atoms. The van der Waals surface area contributed by atoms with E-state index in [-0.39, 0.29) is 6.03 Å². The highest BCUT2D eigenvalue weighted by molar-refractivity contribution is 5.74. The van der Waals surface area contributed by atoms with Gasteiger partial charge in [0.25, 0.3) is 0 Å². The van der Waals surface area contributed by atoms with Crippen LogP contribution in [0.15, 0.2) is 12.4 Å². The molecule has 2 amide bonds. The largest absolute Gasteiger partial charge is 0.338 e. The van der Waals surface area contributed by atoms with Gasteiger partial charge in [-0.1, -0.05) is 25.7 Å². The molecule has 144 valence electrons. The minimum Gasteiger partial charge on any atom is -0.338 e. The summed E-state index contributed by atoms with van der Waals surface area (Å²) in [6.07, 6.45) is 16.9. The van der Waals surface area contributed by atoms with E-state index in [1.165, 1.54) is 57.2 Å². The monoisotopic (exact) mass is 358 g/mol. The topological polar surface area (TPSA) is 50.2 Å². The second kappa shape index (κ2) is 8.45. The Labute approximate surface area is 157 Å². The molecule has 2 heterocycles. The summed E-state index contributed by atoms with van der Waals surface area (Å²) in [6.45, 7) is 3.72. The van der Waals surface area contributed by atoms with Gasteiger partial charge in [0.1, 0.15) is 5.82 Å². The van der Waals surface area contributed by atoms with E-state index in [1.807, 2.05) is 11.1 Å². The van der Waals surface area contributed by atoms with Gasteiger partial charge < -0.3 is 14.8 Å². The number of hydrogen-bond donors (Lipinski definition) is 1. The van der Waals surface area contributed by atoms with Gasteiger partial charge in [-0.15, -0.1) is 0 Å². The first-order valence-electron chi connectivity index (χ1n) is 10.8. The number of carbonyl (C=O) groups is 1. The van der Waals surface area contributed by atoms with Crippen LogP contribution in [0.1, 0.15) is 76.0 Å². The number of carbonyl (C=O) groups excluding carboxylic acids is 1. The molecule has 0 radical (unpaired) electrons. The Hall–Kier alpha value is -1.52. The van der Waals surface area contributed by atoms with Crippen molar-refractivity contribution in [1.29, 1.82) is 0 Å². The van der Waals surface area contributed by atoms with Crippen molar-refractivity contribution in [3.63, 3.8) is 0 Å². The summed E-state index contributed by atoms with van der Waals surface area (Å²) >= 11 is 0. The number of urea groups is 1. The Bertz CT molecular complexity index is 581. The number of amides is 2. The molecule has 0 atom stereocenters. The van der Waals surface area contributed by atoms with Crippen LogP contribution in [0.5, 0.6) is 0 Å². The molecule has 3 fully saturated rings. The normalized spacial score (nSPS) is 23.0. The Balaban J connectivity index is 1.23. The Morgan fingerprint density at radius 2 is 1.73 bits per heavy atom. The SMILES string of the molecule is O=C(NCC1CCCCC1)N1CCC(c2nccn2CC2CCC2)CC1. The van der Waals surface area contributed by atoms with E-state index >= 15 is 0 Å². The Morgan fingerprint density at radius 3 is 2.42 bits per heavy atom. The zero-order chi connectivity index (χ0) is 17.8. The van der Waals surface area contributed by atoms with Crippen molar-refractivity contribution in [1.82, 2.24) is 19.8 Å². The van der Waals surface area contributed by atoms with Gasteiger partial charge in [0, 0.05) is 44.5 Å². The smallest absolute Gasteiger partial charge is 0.317 e. The molecule has 2 saturated carbocycles. The number of rotatable bonds is 5. The molecule has 0 bridgehead atoms. The first-order chi connectivity index (χ1) is 12.8. The molecule has 1 aromatic heterocycles. The first-order valence-corrected chi connectivity index (χ1v) is 10.8. The minimum absolute atomic E-state index is 0.145. The molecule has 0 spiro atoms. The molecule has 1 aromatic rings. The van der Waals surface area contributed by atoms with Crippen LogP contribution >= 0.6 is 0 Å². The fraction of sp³-hybridized carbons (Fsp3) is 0.810. The maximum Gasteiger partial charge on any atom is 0.317 e. The second-order valence-corrected chi connectivity index (χ2v) is 8.69. The number of piperidine rings is 1. The van der Waals surface area contributed by atoms with E-state index in [9.17, 15) is 4.79 Å². The van der Waals surface area contributed by atoms with Gasteiger partial charge >= 0.3 is 6.03 Å². The van der Waals surface area contributed by atoms with Gasteiger partial charge in [-0.05, 0) is 50.4 Å². The third kappa shape index (κ3) is 4.24. The molecule has 5 heteroatoms. The van der Waals surface area contributed by atoms with E-state index < -0.39 is 0 Å². The zero-order valence-corrected chi connectivity index (χ0v) is 16.0. The highest BCUT2D eigenvalue weighted by Crippen LogP contribution is 2.31. The fourth-order valence-electron chi connectivity index (χ4n) is 4.86. The van der Waals surface area contributed by atoms with Crippen LogP contribution in [0.25, 0.3) is 0 Å². The highest BCUT2D eigenvalue weighted by Gasteiger charge is 2.28. The molecule has 3 aliphatic rings. The van der Waals surface area contributed by atoms with Crippen LogP contribution in [0.2, 0.25) is 0 Å². The fourth-order valence-corrected chi connectivity index (χ4v) is 4.86. The van der Waals surface area contributed by atoms with Crippen molar-refractivity contribution in [2.75, 3.05) is 19.6 Å². The molecular weight excluding hydrogens is 324 g/mol. The van der Waals surface area contributed by atoms with E-state index in [0.717, 1.165) is 44.9 Å². The molecule has 1 N–H and O–H groups in total. The summed E-state index contributed by atoms with van der Waals surface area (Å²) in [5, 5.41) is 3.19. The van der Waals surface area contributed by atoms with Gasteiger partial charge in [-0.2, -0.15) is 0 Å². The minimum atomic E-state index is 0.145. The molecular formula is C21H34N4O. The van der Waals surface area contributed by atoms with Crippen LogP contribution in [0.3, 0.4) is 0 Å². The maximum absolute atomic E-state index is 12.5. The lowest BCUT2D eigenvalue weighted by atomic mass is 9.85. The summed E-state index contributed by atoms with van der Waals surface area (Å²) in [7, 11) is 0. The summed E-state index contributed by atoms with van der Waals surface area (Å²) < 4.78 is 2.38. The Kier molecular flexibility index (Phi) is 5.81. The lowest BCUT2D eigenvalue weighted by Crippen LogP contribution is -2.45. The predicted molar refractivity (Wildman–Crippen MR) is 103 cm³/mol. The van der Waals surface area contributed by atoms with Crippen molar-refractivity contribution in [3.05, 3.63) is 18.2 Å². The van der Waals surface area contributed by atoms with Crippen LogP contribution in [0, 0.1) is 11.8 Å². The van der Waals surface area contributed by atoms with Gasteiger partial charge in [0.15, 0.2) is 0 Å². The third-order valence-corrected chi connectivity index (χ3v) is 6.84. The van der Waals surface area contributed by atoms with Gasteiger partial charge in [0.2, 0.25) is 0 Å². The summed E-state index contributed by atoms with van der Waals surface area (Å²) in [5.74, 6) is 3.31. The molecule has 5 nitrogen and oxygen atoms in total. The molecule has 2 aliphatic carbocycles. The van der Waals surface area contributed by atoms with Crippen molar-refractivity contribution in [3.8, 4) is 0 Å². The molecule has 0 unspecified atom stereocenters. The van der Waals surface area contributed by atoms with E-state index in [2.05, 4.69) is 21.1 Å². The van der Waals surface area contributed by atoms with Gasteiger partial charge in [-0.25, -0.2) is 9.78 Å². The molecule has 0 aromatic carbocycles. The van der Waals surface area contributed by atoms with Crippen molar-refractivity contribution in [2.24, 2.45) is 11.8 Å². The predicted octanol–water partition coefficient (Wildman–Crippen LogP) is 4.15. The van der Waals surface area contributed by atoms with Crippen LogP contribution in [-0.4, -0.2) is 40.1 Å². The summed E-state index contributed by atoms with van der Waals surface area (Å²) in [5.41, 5.74) is 0. The number of nitrogens with one attached hydrogen (secondary N) is 1. The second-order valence-electron chi connectivity index (χ2n) is 8.69. The van der Waals surface area contributed by atoms with E-state index in [4.69, 9.17) is 0 Å². The zero-order valence-electron chi connectivity index (χ0n) is 16.0.